The van der Waals surface area contributed by atoms with Crippen molar-refractivity contribution in [1.82, 2.24) is 0 Å². The van der Waals surface area contributed by atoms with E-state index in [0.29, 0.717) is 34.1 Å². The molecule has 2 aromatic heterocycles. The zero-order valence-corrected chi connectivity index (χ0v) is 17.8. The van der Waals surface area contributed by atoms with Gasteiger partial charge in [-0.1, -0.05) is 12.1 Å². The molecule has 0 radical (unpaired) electrons. The fraction of sp³-hybridized carbons (Fsp3) is 0.0769. The van der Waals surface area contributed by atoms with E-state index in [4.69, 9.17) is 27.8 Å². The summed E-state index contributed by atoms with van der Waals surface area (Å²) in [6, 6.07) is 11.4. The maximum Gasteiger partial charge on any atom is 0.231 e. The monoisotopic (exact) mass is 470 g/mol. The number of phenolic OH excluding ortho intramolecular Hbond substituents is 1. The lowest BCUT2D eigenvalue weighted by molar-refractivity contribution is 0.173. The molecule has 0 bridgehead atoms. The summed E-state index contributed by atoms with van der Waals surface area (Å²) in [6.07, 6.45) is 2.56. The van der Waals surface area contributed by atoms with E-state index in [9.17, 15) is 14.7 Å². The van der Waals surface area contributed by atoms with Crippen LogP contribution in [0.1, 0.15) is 0 Å². The Morgan fingerprint density at radius 1 is 0.629 bits per heavy atom. The Hall–Kier alpha value is -4.92. The normalized spacial score (nSPS) is 13.6. The Labute approximate surface area is 195 Å². The summed E-state index contributed by atoms with van der Waals surface area (Å²) in [5.41, 5.74) is 0.601. The Bertz CT molecular complexity index is 1810. The predicted molar refractivity (Wildman–Crippen MR) is 123 cm³/mol. The van der Waals surface area contributed by atoms with Crippen molar-refractivity contribution in [2.24, 2.45) is 0 Å². The number of phenols is 1. The first-order valence-electron chi connectivity index (χ1n) is 10.6. The molecule has 0 amide bonds. The number of hydrogen-bond acceptors (Lipinski definition) is 9. The van der Waals surface area contributed by atoms with Crippen LogP contribution in [-0.4, -0.2) is 18.7 Å². The number of aromatic hydroxyl groups is 1. The molecular formula is C26H14O9. The summed E-state index contributed by atoms with van der Waals surface area (Å²) in [5, 5.41) is 10.6. The third kappa shape index (κ3) is 2.81. The molecule has 7 rings (SSSR count). The predicted octanol–water partition coefficient (Wildman–Crippen LogP) is 4.40. The molecule has 0 aliphatic carbocycles. The Morgan fingerprint density at radius 2 is 1.17 bits per heavy atom. The van der Waals surface area contributed by atoms with Gasteiger partial charge >= 0.3 is 0 Å². The molecule has 172 valence electrons. The average Bonchev–Trinajstić information content (AvgIpc) is 3.52. The third-order valence-electron chi connectivity index (χ3n) is 6.13. The van der Waals surface area contributed by atoms with Crippen LogP contribution in [0.4, 0.5) is 0 Å². The van der Waals surface area contributed by atoms with E-state index in [2.05, 4.69) is 0 Å². The minimum atomic E-state index is -0.502. The lowest BCUT2D eigenvalue weighted by atomic mass is 10.0. The van der Waals surface area contributed by atoms with Crippen molar-refractivity contribution < 1.29 is 32.9 Å². The molecule has 0 unspecified atom stereocenters. The van der Waals surface area contributed by atoms with Crippen LogP contribution in [0.3, 0.4) is 0 Å². The van der Waals surface area contributed by atoms with Crippen molar-refractivity contribution in [3.8, 4) is 51.0 Å². The van der Waals surface area contributed by atoms with Gasteiger partial charge in [-0.2, -0.15) is 0 Å². The molecular weight excluding hydrogens is 456 g/mol. The van der Waals surface area contributed by atoms with Crippen molar-refractivity contribution in [1.29, 1.82) is 0 Å². The zero-order valence-electron chi connectivity index (χ0n) is 17.8. The van der Waals surface area contributed by atoms with Crippen LogP contribution in [0.25, 0.3) is 44.2 Å². The van der Waals surface area contributed by atoms with Crippen LogP contribution in [0.15, 0.2) is 73.4 Å². The lowest BCUT2D eigenvalue weighted by Gasteiger charge is -2.09. The molecule has 9 heteroatoms. The SMILES string of the molecule is O=c1c(-c2ccc3c(c2)OCO3)coc2c1c(O)cc1occ(-c3ccc4c(c3)OCO4)c(=O)c12. The summed E-state index contributed by atoms with van der Waals surface area (Å²) in [7, 11) is 0. The number of fused-ring (bicyclic) bond motifs is 5. The second-order valence-electron chi connectivity index (χ2n) is 8.07. The summed E-state index contributed by atoms with van der Waals surface area (Å²) in [6.45, 7) is 0.200. The lowest BCUT2D eigenvalue weighted by Crippen LogP contribution is -2.09. The van der Waals surface area contributed by atoms with Gasteiger partial charge in [-0.3, -0.25) is 9.59 Å². The summed E-state index contributed by atoms with van der Waals surface area (Å²) in [5.74, 6) is 1.80. The van der Waals surface area contributed by atoms with Gasteiger partial charge in [0.15, 0.2) is 28.6 Å². The van der Waals surface area contributed by atoms with Crippen LogP contribution in [0.5, 0.6) is 28.7 Å². The second-order valence-corrected chi connectivity index (χ2v) is 8.07. The van der Waals surface area contributed by atoms with E-state index < -0.39 is 10.9 Å². The van der Waals surface area contributed by atoms with Crippen molar-refractivity contribution in [3.05, 3.63) is 75.4 Å². The van der Waals surface area contributed by atoms with E-state index in [1.165, 1.54) is 18.6 Å². The van der Waals surface area contributed by atoms with Gasteiger partial charge in [0, 0.05) is 6.07 Å². The number of benzene rings is 3. The molecule has 0 atom stereocenters. The van der Waals surface area contributed by atoms with Gasteiger partial charge in [-0.15, -0.1) is 0 Å². The van der Waals surface area contributed by atoms with Gasteiger partial charge in [0.05, 0.1) is 11.1 Å². The van der Waals surface area contributed by atoms with E-state index in [1.54, 1.807) is 36.4 Å². The fourth-order valence-electron chi connectivity index (χ4n) is 4.41. The molecule has 9 nitrogen and oxygen atoms in total. The van der Waals surface area contributed by atoms with Crippen LogP contribution in [0, 0.1) is 0 Å². The number of hydrogen-bond donors (Lipinski definition) is 1. The highest BCUT2D eigenvalue weighted by molar-refractivity contribution is 6.06. The molecule has 2 aliphatic rings. The molecule has 4 heterocycles. The highest BCUT2D eigenvalue weighted by Gasteiger charge is 2.23. The van der Waals surface area contributed by atoms with Gasteiger partial charge in [-0.05, 0) is 35.4 Å². The van der Waals surface area contributed by atoms with Gasteiger partial charge < -0.3 is 32.9 Å². The molecule has 0 saturated heterocycles. The molecule has 0 fully saturated rings. The van der Waals surface area contributed by atoms with Crippen LogP contribution < -0.4 is 29.8 Å². The van der Waals surface area contributed by atoms with Gasteiger partial charge in [-0.25, -0.2) is 0 Å². The molecule has 5 aromatic rings. The highest BCUT2D eigenvalue weighted by atomic mass is 16.7. The van der Waals surface area contributed by atoms with E-state index >= 15 is 0 Å². The average molecular weight is 470 g/mol. The van der Waals surface area contributed by atoms with Crippen molar-refractivity contribution in [2.75, 3.05) is 13.6 Å². The van der Waals surface area contributed by atoms with Crippen LogP contribution >= 0.6 is 0 Å². The number of ether oxygens (including phenoxy) is 4. The molecule has 2 aliphatic heterocycles. The fourth-order valence-corrected chi connectivity index (χ4v) is 4.41. The topological polar surface area (TPSA) is 118 Å². The third-order valence-corrected chi connectivity index (χ3v) is 6.13. The van der Waals surface area contributed by atoms with Gasteiger partial charge in [0.2, 0.25) is 24.4 Å². The zero-order chi connectivity index (χ0) is 23.7. The van der Waals surface area contributed by atoms with Crippen LogP contribution in [0.2, 0.25) is 0 Å². The van der Waals surface area contributed by atoms with E-state index in [1.807, 2.05) is 0 Å². The van der Waals surface area contributed by atoms with Crippen molar-refractivity contribution in [2.45, 2.75) is 0 Å². The first-order chi connectivity index (χ1) is 17.1. The van der Waals surface area contributed by atoms with Crippen molar-refractivity contribution >= 4 is 21.9 Å². The standard InChI is InChI=1S/C26H14O9/c27-16-7-21-23(25(29)14(8-30-21)12-1-3-17-19(5-12)34-10-32-17)26-22(16)24(28)15(9-31-26)13-2-4-18-20(6-13)35-11-33-18/h1-9,27H,10-11H2. The molecule has 3 aromatic carbocycles. The summed E-state index contributed by atoms with van der Waals surface area (Å²) >= 11 is 0. The first kappa shape index (κ1) is 19.5. The largest absolute Gasteiger partial charge is 0.507 e. The van der Waals surface area contributed by atoms with Gasteiger partial charge in [0.1, 0.15) is 34.6 Å². The van der Waals surface area contributed by atoms with Gasteiger partial charge in [0.25, 0.3) is 0 Å². The Morgan fingerprint density at radius 3 is 1.80 bits per heavy atom. The first-order valence-corrected chi connectivity index (χ1v) is 10.6. The molecule has 1 N–H and O–H groups in total. The molecule has 35 heavy (non-hydrogen) atoms. The summed E-state index contributed by atoms with van der Waals surface area (Å²) in [4.78, 5) is 27.0. The minimum absolute atomic E-state index is 0.0438. The minimum Gasteiger partial charge on any atom is -0.507 e. The maximum atomic E-state index is 13.5. The Balaban J connectivity index is 1.46. The van der Waals surface area contributed by atoms with E-state index in [0.717, 1.165) is 0 Å². The maximum absolute atomic E-state index is 13.5. The summed E-state index contributed by atoms with van der Waals surface area (Å²) < 4.78 is 32.9. The van der Waals surface area contributed by atoms with Crippen LogP contribution in [-0.2, 0) is 0 Å². The Kier molecular flexibility index (Phi) is 3.93. The molecule has 0 spiro atoms. The smallest absolute Gasteiger partial charge is 0.231 e. The molecule has 0 saturated carbocycles. The van der Waals surface area contributed by atoms with E-state index in [-0.39, 0.29) is 52.4 Å². The van der Waals surface area contributed by atoms with Crippen molar-refractivity contribution in [3.63, 3.8) is 0 Å². The second kappa shape index (κ2) is 7.04. The highest BCUT2D eigenvalue weighted by Crippen LogP contribution is 2.38. The number of rotatable bonds is 2. The quantitative estimate of drug-likeness (QED) is 0.375.